The van der Waals surface area contributed by atoms with Crippen LogP contribution < -0.4 is 11.0 Å². The minimum Gasteiger partial charge on any atom is -0.372 e. The number of aliphatic hydroxyl groups is 1. The Morgan fingerprint density at radius 1 is 1.04 bits per heavy atom. The quantitative estimate of drug-likeness (QED) is 0.639. The zero-order valence-electron chi connectivity index (χ0n) is 13.2. The first kappa shape index (κ1) is 18.1. The number of aromatic amines is 1. The van der Waals surface area contributed by atoms with Crippen molar-refractivity contribution in [1.29, 1.82) is 0 Å². The highest BCUT2D eigenvalue weighted by atomic mass is 35.5. The van der Waals surface area contributed by atoms with Crippen molar-refractivity contribution in [3.8, 4) is 0 Å². The molecular formula is C18H13Cl2N3O3. The fraction of sp³-hybridized carbons (Fsp3) is 0.0556. The fourth-order valence-electron chi connectivity index (χ4n) is 2.53. The zero-order valence-corrected chi connectivity index (χ0v) is 14.8. The van der Waals surface area contributed by atoms with Gasteiger partial charge in [-0.05, 0) is 29.8 Å². The number of nitrogens with one attached hydrogen (secondary N) is 2. The van der Waals surface area contributed by atoms with Crippen LogP contribution in [0.15, 0.2) is 65.6 Å². The molecule has 6 nitrogen and oxygen atoms in total. The lowest BCUT2D eigenvalue weighted by Crippen LogP contribution is -2.41. The summed E-state index contributed by atoms with van der Waals surface area (Å²) in [4.78, 5) is 30.2. The molecule has 0 fully saturated rings. The second kappa shape index (κ2) is 7.29. The van der Waals surface area contributed by atoms with Gasteiger partial charge in [0, 0.05) is 21.8 Å². The monoisotopic (exact) mass is 389 g/mol. The topological polar surface area (TPSA) is 95.1 Å². The van der Waals surface area contributed by atoms with Crippen LogP contribution in [0.5, 0.6) is 0 Å². The predicted molar refractivity (Wildman–Crippen MR) is 99.4 cm³/mol. The van der Waals surface area contributed by atoms with Gasteiger partial charge >= 0.3 is 5.69 Å². The molecule has 3 rings (SSSR count). The molecular weight excluding hydrogens is 377 g/mol. The maximum atomic E-state index is 13.0. The number of carbonyl (C=O) groups excluding carboxylic acids is 1. The van der Waals surface area contributed by atoms with E-state index in [1.807, 2.05) is 0 Å². The van der Waals surface area contributed by atoms with Crippen molar-refractivity contribution in [3.63, 3.8) is 0 Å². The maximum Gasteiger partial charge on any atom is 0.346 e. The molecule has 0 spiro atoms. The molecule has 2 aromatic carbocycles. The van der Waals surface area contributed by atoms with Crippen molar-refractivity contribution in [1.82, 2.24) is 9.97 Å². The maximum absolute atomic E-state index is 13.0. The Bertz CT molecular complexity index is 988. The summed E-state index contributed by atoms with van der Waals surface area (Å²) in [6.45, 7) is 0. The van der Waals surface area contributed by atoms with Gasteiger partial charge in [-0.3, -0.25) is 9.78 Å². The van der Waals surface area contributed by atoms with Gasteiger partial charge in [-0.2, -0.15) is 0 Å². The molecule has 1 aromatic heterocycles. The van der Waals surface area contributed by atoms with Crippen LogP contribution in [-0.4, -0.2) is 21.0 Å². The SMILES string of the molecule is O=C(Nc1ccnc(=O)[nH]1)C(O)(c1ccccc1)c1cc(Cl)cc(Cl)c1. The van der Waals surface area contributed by atoms with Crippen LogP contribution in [-0.2, 0) is 10.4 Å². The summed E-state index contributed by atoms with van der Waals surface area (Å²) in [6.07, 6.45) is 1.24. The normalized spacial score (nSPS) is 13.0. The second-order valence-electron chi connectivity index (χ2n) is 5.48. The lowest BCUT2D eigenvalue weighted by molar-refractivity contribution is -0.131. The van der Waals surface area contributed by atoms with Crippen LogP contribution in [0.3, 0.4) is 0 Å². The molecule has 1 atom stereocenters. The molecule has 1 amide bonds. The van der Waals surface area contributed by atoms with Crippen LogP contribution in [0, 0.1) is 0 Å². The highest BCUT2D eigenvalue weighted by molar-refractivity contribution is 6.34. The third-order valence-electron chi connectivity index (χ3n) is 3.72. The van der Waals surface area contributed by atoms with Gasteiger partial charge < -0.3 is 10.4 Å². The molecule has 0 aliphatic heterocycles. The number of rotatable bonds is 4. The van der Waals surface area contributed by atoms with E-state index >= 15 is 0 Å². The highest BCUT2D eigenvalue weighted by Gasteiger charge is 2.40. The Labute approximate surface area is 158 Å². The number of H-pyrrole nitrogens is 1. The third-order valence-corrected chi connectivity index (χ3v) is 4.16. The van der Waals surface area contributed by atoms with E-state index in [0.29, 0.717) is 5.56 Å². The van der Waals surface area contributed by atoms with Gasteiger partial charge in [-0.25, -0.2) is 9.78 Å². The molecule has 1 heterocycles. The zero-order chi connectivity index (χ0) is 18.7. The molecule has 0 radical (unpaired) electrons. The Kier molecular flexibility index (Phi) is 5.08. The van der Waals surface area contributed by atoms with E-state index in [1.165, 1.54) is 30.5 Å². The fourth-order valence-corrected chi connectivity index (χ4v) is 3.05. The van der Waals surface area contributed by atoms with Crippen molar-refractivity contribution in [2.45, 2.75) is 5.60 Å². The smallest absolute Gasteiger partial charge is 0.346 e. The number of amides is 1. The summed E-state index contributed by atoms with van der Waals surface area (Å²) in [6, 6.07) is 14.1. The lowest BCUT2D eigenvalue weighted by atomic mass is 9.85. The number of hydrogen-bond donors (Lipinski definition) is 3. The van der Waals surface area contributed by atoms with Gasteiger partial charge in [0.1, 0.15) is 5.82 Å². The number of hydrogen-bond acceptors (Lipinski definition) is 4. The van der Waals surface area contributed by atoms with Crippen LogP contribution >= 0.6 is 23.2 Å². The largest absolute Gasteiger partial charge is 0.372 e. The Morgan fingerprint density at radius 3 is 2.31 bits per heavy atom. The molecule has 0 aliphatic carbocycles. The molecule has 0 saturated carbocycles. The summed E-state index contributed by atoms with van der Waals surface area (Å²) < 4.78 is 0. The first-order valence-corrected chi connectivity index (χ1v) is 8.26. The van der Waals surface area contributed by atoms with E-state index in [2.05, 4.69) is 15.3 Å². The van der Waals surface area contributed by atoms with Crippen molar-refractivity contribution in [2.75, 3.05) is 5.32 Å². The van der Waals surface area contributed by atoms with Crippen molar-refractivity contribution >= 4 is 34.9 Å². The van der Waals surface area contributed by atoms with E-state index in [4.69, 9.17) is 23.2 Å². The summed E-state index contributed by atoms with van der Waals surface area (Å²) in [5.74, 6) is -0.693. The number of carbonyl (C=O) groups is 1. The van der Waals surface area contributed by atoms with Gasteiger partial charge in [0.2, 0.25) is 0 Å². The van der Waals surface area contributed by atoms with Crippen molar-refractivity contribution < 1.29 is 9.90 Å². The molecule has 0 bridgehead atoms. The van der Waals surface area contributed by atoms with Gasteiger partial charge in [0.25, 0.3) is 5.91 Å². The number of aromatic nitrogens is 2. The van der Waals surface area contributed by atoms with Crippen LogP contribution in [0.2, 0.25) is 10.0 Å². The van der Waals surface area contributed by atoms with E-state index in [0.717, 1.165) is 0 Å². The number of nitrogens with zero attached hydrogens (tertiary/aromatic N) is 1. The molecule has 1 unspecified atom stereocenters. The standard InChI is InChI=1S/C18H13Cl2N3O3/c19-13-8-12(9-14(20)10-13)18(26,11-4-2-1-3-5-11)16(24)22-15-6-7-21-17(25)23-15/h1-10,26H,(H2,21,22,23,24,25). The third kappa shape index (κ3) is 3.62. The molecule has 3 aromatic rings. The Morgan fingerprint density at radius 2 is 1.69 bits per heavy atom. The average Bonchev–Trinajstić information content (AvgIpc) is 2.61. The second-order valence-corrected chi connectivity index (χ2v) is 6.35. The van der Waals surface area contributed by atoms with Gasteiger partial charge in [0.05, 0.1) is 0 Å². The molecule has 3 N–H and O–H groups in total. The van der Waals surface area contributed by atoms with Crippen LogP contribution in [0.25, 0.3) is 0 Å². The minimum absolute atomic E-state index is 0.0949. The summed E-state index contributed by atoms with van der Waals surface area (Å²) in [5.41, 5.74) is -2.21. The van der Waals surface area contributed by atoms with E-state index in [-0.39, 0.29) is 21.4 Å². The van der Waals surface area contributed by atoms with Crippen molar-refractivity contribution in [2.24, 2.45) is 0 Å². The van der Waals surface area contributed by atoms with Crippen molar-refractivity contribution in [3.05, 3.63) is 92.5 Å². The van der Waals surface area contributed by atoms with Crippen LogP contribution in [0.1, 0.15) is 11.1 Å². The van der Waals surface area contributed by atoms with Gasteiger partial charge in [-0.1, -0.05) is 53.5 Å². The summed E-state index contributed by atoms with van der Waals surface area (Å²) in [5, 5.41) is 14.4. The molecule has 8 heteroatoms. The highest BCUT2D eigenvalue weighted by Crippen LogP contribution is 2.34. The van der Waals surface area contributed by atoms with E-state index in [1.54, 1.807) is 30.3 Å². The van der Waals surface area contributed by atoms with E-state index < -0.39 is 17.2 Å². The van der Waals surface area contributed by atoms with Gasteiger partial charge in [0.15, 0.2) is 5.60 Å². The first-order valence-electron chi connectivity index (χ1n) is 7.51. The molecule has 132 valence electrons. The number of halogens is 2. The Hall–Kier alpha value is -2.67. The average molecular weight is 390 g/mol. The van der Waals surface area contributed by atoms with Crippen LogP contribution in [0.4, 0.5) is 5.82 Å². The summed E-state index contributed by atoms with van der Waals surface area (Å²) in [7, 11) is 0. The predicted octanol–water partition coefficient (Wildman–Crippen LogP) is 2.95. The molecule has 0 aliphatic rings. The van der Waals surface area contributed by atoms with Gasteiger partial charge in [-0.15, -0.1) is 0 Å². The summed E-state index contributed by atoms with van der Waals surface area (Å²) >= 11 is 12.1. The number of benzene rings is 2. The molecule has 0 saturated heterocycles. The number of anilines is 1. The Balaban J connectivity index is 2.11. The lowest BCUT2D eigenvalue weighted by Gasteiger charge is -2.28. The first-order chi connectivity index (χ1) is 12.4. The van der Waals surface area contributed by atoms with E-state index in [9.17, 15) is 14.7 Å². The molecule has 26 heavy (non-hydrogen) atoms. The minimum atomic E-state index is -2.09.